The van der Waals surface area contributed by atoms with E-state index in [1.165, 1.54) is 77.0 Å². The highest BCUT2D eigenvalue weighted by molar-refractivity contribution is 5.69. The van der Waals surface area contributed by atoms with Gasteiger partial charge in [0.1, 0.15) is 5.75 Å². The molecule has 4 nitrogen and oxygen atoms in total. The molecule has 0 saturated carbocycles. The Hall–Kier alpha value is -2.07. The molecule has 1 unspecified atom stereocenters. The van der Waals surface area contributed by atoms with Gasteiger partial charge >= 0.3 is 5.97 Å². The van der Waals surface area contributed by atoms with Crippen molar-refractivity contribution in [3.63, 3.8) is 0 Å². The van der Waals surface area contributed by atoms with Crippen LogP contribution in [0.15, 0.2) is 48.6 Å². The van der Waals surface area contributed by atoms with Crippen molar-refractivity contribution in [1.29, 1.82) is 0 Å². The quantitative estimate of drug-likeness (QED) is 0.0663. The number of unbranched alkanes of at least 4 members (excludes halogenated alkanes) is 10. The average molecular weight is 543 g/mol. The number of rotatable bonds is 26. The maximum Gasteiger partial charge on any atom is 0.306 e. The van der Waals surface area contributed by atoms with E-state index in [-0.39, 0.29) is 5.97 Å². The third-order valence-electron chi connectivity index (χ3n) is 7.15. The molecule has 1 atom stereocenters. The normalized spacial score (nSPS) is 12.4. The SMILES string of the molecule is CCCCC/C=C\C/C=C\CCCCCCCCCC(CCCOCc1ccc(OC)cc1)CC(=O)OCC. The van der Waals surface area contributed by atoms with Crippen molar-refractivity contribution in [2.75, 3.05) is 20.3 Å². The molecule has 0 spiro atoms. The summed E-state index contributed by atoms with van der Waals surface area (Å²) < 4.78 is 16.3. The highest BCUT2D eigenvalue weighted by Gasteiger charge is 2.14. The van der Waals surface area contributed by atoms with Crippen molar-refractivity contribution < 1.29 is 19.0 Å². The van der Waals surface area contributed by atoms with E-state index in [0.29, 0.717) is 25.6 Å². The number of benzene rings is 1. The van der Waals surface area contributed by atoms with Crippen LogP contribution in [0.2, 0.25) is 0 Å². The van der Waals surface area contributed by atoms with Crippen LogP contribution in [-0.2, 0) is 20.9 Å². The van der Waals surface area contributed by atoms with Crippen molar-refractivity contribution in [2.45, 2.75) is 130 Å². The molecule has 222 valence electrons. The number of esters is 1. The second kappa shape index (κ2) is 26.2. The van der Waals surface area contributed by atoms with Gasteiger partial charge in [-0.05, 0) is 81.9 Å². The molecule has 4 heteroatoms. The molecule has 0 aliphatic rings. The number of carbonyl (C=O) groups excluding carboxylic acids is 1. The number of carbonyl (C=O) groups is 1. The third kappa shape index (κ3) is 21.4. The zero-order valence-corrected chi connectivity index (χ0v) is 25.5. The summed E-state index contributed by atoms with van der Waals surface area (Å²) in [6.07, 6.45) is 29.5. The number of methoxy groups -OCH3 is 1. The largest absolute Gasteiger partial charge is 0.497 e. The molecule has 0 saturated heterocycles. The van der Waals surface area contributed by atoms with Gasteiger partial charge in [-0.2, -0.15) is 0 Å². The summed E-state index contributed by atoms with van der Waals surface area (Å²) in [5.41, 5.74) is 1.15. The van der Waals surface area contributed by atoms with Crippen LogP contribution in [0.3, 0.4) is 0 Å². The van der Waals surface area contributed by atoms with Gasteiger partial charge in [0.25, 0.3) is 0 Å². The standard InChI is InChI=1S/C35H58O4/c1-4-6-7-8-9-10-11-12-13-14-15-16-17-18-19-20-21-23-32(30-35(36)39-5-2)24-22-29-38-31-33-25-27-34(37-3)28-26-33/h9-10,12-13,25-28,32H,4-8,11,14-24,29-31H2,1-3H3/b10-9-,13-12-. The zero-order valence-electron chi connectivity index (χ0n) is 25.5. The van der Waals surface area contributed by atoms with Gasteiger partial charge in [-0.15, -0.1) is 0 Å². The fourth-order valence-electron chi connectivity index (χ4n) is 4.79. The summed E-state index contributed by atoms with van der Waals surface area (Å²) in [6, 6.07) is 7.99. The van der Waals surface area contributed by atoms with E-state index >= 15 is 0 Å². The summed E-state index contributed by atoms with van der Waals surface area (Å²) in [5, 5.41) is 0. The molecular formula is C35H58O4. The van der Waals surface area contributed by atoms with Crippen molar-refractivity contribution in [1.82, 2.24) is 0 Å². The fraction of sp³-hybridized carbons (Fsp3) is 0.686. The van der Waals surface area contributed by atoms with Crippen LogP contribution in [0, 0.1) is 5.92 Å². The predicted octanol–water partition coefficient (Wildman–Crippen LogP) is 10.2. The van der Waals surface area contributed by atoms with Crippen molar-refractivity contribution in [2.24, 2.45) is 5.92 Å². The Balaban J connectivity index is 2.08. The first-order chi connectivity index (χ1) is 19.2. The maximum absolute atomic E-state index is 12.1. The molecule has 39 heavy (non-hydrogen) atoms. The second-order valence-corrected chi connectivity index (χ2v) is 10.6. The van der Waals surface area contributed by atoms with Crippen molar-refractivity contribution in [3.8, 4) is 5.75 Å². The van der Waals surface area contributed by atoms with Crippen LogP contribution in [0.25, 0.3) is 0 Å². The van der Waals surface area contributed by atoms with Crippen LogP contribution in [0.5, 0.6) is 5.75 Å². The van der Waals surface area contributed by atoms with E-state index in [1.807, 2.05) is 31.2 Å². The van der Waals surface area contributed by atoms with Crippen LogP contribution in [0.1, 0.15) is 129 Å². The monoisotopic (exact) mass is 542 g/mol. The molecule has 1 rings (SSSR count). The molecule has 0 radical (unpaired) electrons. The lowest BCUT2D eigenvalue weighted by molar-refractivity contribution is -0.144. The molecule has 0 amide bonds. The molecule has 0 bridgehead atoms. The van der Waals surface area contributed by atoms with Gasteiger partial charge < -0.3 is 14.2 Å². The summed E-state index contributed by atoms with van der Waals surface area (Å²) in [5.74, 6) is 1.20. The highest BCUT2D eigenvalue weighted by atomic mass is 16.5. The van der Waals surface area contributed by atoms with Crippen LogP contribution in [0.4, 0.5) is 0 Å². The summed E-state index contributed by atoms with van der Waals surface area (Å²) in [4.78, 5) is 12.1. The first-order valence-electron chi connectivity index (χ1n) is 15.9. The highest BCUT2D eigenvalue weighted by Crippen LogP contribution is 2.21. The lowest BCUT2D eigenvalue weighted by Crippen LogP contribution is -2.12. The average Bonchev–Trinajstić information content (AvgIpc) is 2.94. The zero-order chi connectivity index (χ0) is 28.2. The number of allylic oxidation sites excluding steroid dienone is 4. The van der Waals surface area contributed by atoms with Gasteiger partial charge in [-0.1, -0.05) is 94.7 Å². The van der Waals surface area contributed by atoms with Crippen LogP contribution >= 0.6 is 0 Å². The van der Waals surface area contributed by atoms with E-state index in [4.69, 9.17) is 14.2 Å². The lowest BCUT2D eigenvalue weighted by atomic mass is 9.93. The van der Waals surface area contributed by atoms with E-state index < -0.39 is 0 Å². The van der Waals surface area contributed by atoms with Gasteiger partial charge in [0.05, 0.1) is 20.3 Å². The molecular weight excluding hydrogens is 484 g/mol. The van der Waals surface area contributed by atoms with Gasteiger partial charge in [0, 0.05) is 13.0 Å². The Labute approximate surface area is 240 Å². The summed E-state index contributed by atoms with van der Waals surface area (Å²) in [6.45, 7) is 5.92. The first kappa shape index (κ1) is 35.0. The molecule has 0 N–H and O–H groups in total. The Bertz CT molecular complexity index is 738. The number of hydrogen-bond acceptors (Lipinski definition) is 4. The minimum atomic E-state index is -0.0568. The molecule has 0 aromatic heterocycles. The summed E-state index contributed by atoms with van der Waals surface area (Å²) >= 11 is 0. The predicted molar refractivity (Wildman–Crippen MR) is 165 cm³/mol. The van der Waals surface area contributed by atoms with Crippen molar-refractivity contribution in [3.05, 3.63) is 54.1 Å². The van der Waals surface area contributed by atoms with Gasteiger partial charge in [-0.3, -0.25) is 4.79 Å². The number of hydrogen-bond donors (Lipinski definition) is 0. The van der Waals surface area contributed by atoms with Gasteiger partial charge in [0.2, 0.25) is 0 Å². The maximum atomic E-state index is 12.1. The van der Waals surface area contributed by atoms with Crippen molar-refractivity contribution >= 4 is 5.97 Å². The first-order valence-corrected chi connectivity index (χ1v) is 15.9. The Kier molecular flexibility index (Phi) is 23.5. The molecule has 0 fully saturated rings. The van der Waals surface area contributed by atoms with E-state index in [2.05, 4.69) is 31.2 Å². The third-order valence-corrected chi connectivity index (χ3v) is 7.15. The van der Waals surface area contributed by atoms with Gasteiger partial charge in [-0.25, -0.2) is 0 Å². The number of ether oxygens (including phenoxy) is 3. The van der Waals surface area contributed by atoms with E-state index in [0.717, 1.165) is 43.6 Å². The van der Waals surface area contributed by atoms with Crippen LogP contribution < -0.4 is 4.74 Å². The minimum Gasteiger partial charge on any atom is -0.497 e. The van der Waals surface area contributed by atoms with Crippen LogP contribution in [-0.4, -0.2) is 26.3 Å². The van der Waals surface area contributed by atoms with E-state index in [1.54, 1.807) is 7.11 Å². The molecule has 1 aromatic carbocycles. The Morgan fingerprint density at radius 1 is 0.769 bits per heavy atom. The Morgan fingerprint density at radius 3 is 2.03 bits per heavy atom. The minimum absolute atomic E-state index is 0.0568. The fourth-order valence-corrected chi connectivity index (χ4v) is 4.79. The van der Waals surface area contributed by atoms with Gasteiger partial charge in [0.15, 0.2) is 0 Å². The molecule has 1 aromatic rings. The molecule has 0 aliphatic carbocycles. The topological polar surface area (TPSA) is 44.8 Å². The lowest BCUT2D eigenvalue weighted by Gasteiger charge is -2.16. The molecule has 0 aliphatic heterocycles. The summed E-state index contributed by atoms with van der Waals surface area (Å²) in [7, 11) is 1.68. The second-order valence-electron chi connectivity index (χ2n) is 10.6. The van der Waals surface area contributed by atoms with E-state index in [9.17, 15) is 4.79 Å². The smallest absolute Gasteiger partial charge is 0.306 e. The Morgan fingerprint density at radius 2 is 1.38 bits per heavy atom. The molecule has 0 heterocycles.